The molecule has 1 heterocycles. The SMILES string of the molecule is Cc1ccc(C(O)C2(O)CCC(C)CC2)s1. The first-order chi connectivity index (χ1) is 7.51. The summed E-state index contributed by atoms with van der Waals surface area (Å²) in [5.74, 6) is 0.678. The lowest BCUT2D eigenvalue weighted by Gasteiger charge is -2.38. The van der Waals surface area contributed by atoms with Gasteiger partial charge in [0.1, 0.15) is 6.10 Å². The minimum absolute atomic E-state index is 0.678. The lowest BCUT2D eigenvalue weighted by molar-refractivity contribution is -0.104. The average molecular weight is 240 g/mol. The van der Waals surface area contributed by atoms with Crippen molar-refractivity contribution >= 4 is 11.3 Å². The Morgan fingerprint density at radius 1 is 1.38 bits per heavy atom. The Morgan fingerprint density at radius 3 is 2.50 bits per heavy atom. The van der Waals surface area contributed by atoms with Crippen LogP contribution in [0.5, 0.6) is 0 Å². The second-order valence-electron chi connectivity index (χ2n) is 5.14. The van der Waals surface area contributed by atoms with E-state index in [4.69, 9.17) is 0 Å². The molecule has 1 aliphatic rings. The minimum Gasteiger partial charge on any atom is -0.387 e. The third-order valence-electron chi connectivity index (χ3n) is 3.68. The average Bonchev–Trinajstić information content (AvgIpc) is 2.68. The fourth-order valence-corrected chi connectivity index (χ4v) is 3.38. The molecule has 1 aromatic rings. The summed E-state index contributed by atoms with van der Waals surface area (Å²) >= 11 is 1.58. The van der Waals surface area contributed by atoms with Crippen LogP contribution in [0.3, 0.4) is 0 Å². The van der Waals surface area contributed by atoms with Crippen LogP contribution in [0, 0.1) is 12.8 Å². The Bertz CT molecular complexity index is 351. The van der Waals surface area contributed by atoms with Crippen LogP contribution >= 0.6 is 11.3 Å². The van der Waals surface area contributed by atoms with Gasteiger partial charge in [-0.1, -0.05) is 6.92 Å². The summed E-state index contributed by atoms with van der Waals surface area (Å²) < 4.78 is 0. The molecule has 0 spiro atoms. The first-order valence-electron chi connectivity index (χ1n) is 5.98. The number of aliphatic hydroxyl groups excluding tert-OH is 1. The number of aryl methyl sites for hydroxylation is 1. The van der Waals surface area contributed by atoms with Crippen LogP contribution in [0.2, 0.25) is 0 Å². The molecule has 1 aromatic heterocycles. The van der Waals surface area contributed by atoms with Gasteiger partial charge in [-0.2, -0.15) is 0 Å². The topological polar surface area (TPSA) is 40.5 Å². The quantitative estimate of drug-likeness (QED) is 0.834. The molecule has 0 amide bonds. The van der Waals surface area contributed by atoms with Crippen molar-refractivity contribution in [3.05, 3.63) is 21.9 Å². The highest BCUT2D eigenvalue weighted by molar-refractivity contribution is 7.12. The Balaban J connectivity index is 2.11. The van der Waals surface area contributed by atoms with Gasteiger partial charge in [-0.15, -0.1) is 11.3 Å². The van der Waals surface area contributed by atoms with Gasteiger partial charge in [0.2, 0.25) is 0 Å². The van der Waals surface area contributed by atoms with Crippen LogP contribution in [0.15, 0.2) is 12.1 Å². The predicted molar refractivity (Wildman–Crippen MR) is 66.6 cm³/mol. The van der Waals surface area contributed by atoms with E-state index in [9.17, 15) is 10.2 Å². The molecule has 3 heteroatoms. The standard InChI is InChI=1S/C13H20O2S/c1-9-5-7-13(15,8-6-9)12(14)11-4-3-10(2)16-11/h3-4,9,12,14-15H,5-8H2,1-2H3. The van der Waals surface area contributed by atoms with Crippen molar-refractivity contribution in [2.45, 2.75) is 51.2 Å². The van der Waals surface area contributed by atoms with Gasteiger partial charge >= 0.3 is 0 Å². The molecule has 0 saturated heterocycles. The van der Waals surface area contributed by atoms with Crippen molar-refractivity contribution < 1.29 is 10.2 Å². The molecular weight excluding hydrogens is 220 g/mol. The van der Waals surface area contributed by atoms with Crippen molar-refractivity contribution in [1.29, 1.82) is 0 Å². The summed E-state index contributed by atoms with van der Waals surface area (Å²) in [4.78, 5) is 2.08. The van der Waals surface area contributed by atoms with Crippen molar-refractivity contribution in [3.8, 4) is 0 Å². The molecule has 2 nitrogen and oxygen atoms in total. The van der Waals surface area contributed by atoms with Crippen LogP contribution in [-0.2, 0) is 0 Å². The van der Waals surface area contributed by atoms with Crippen LogP contribution in [0.1, 0.15) is 48.5 Å². The summed E-state index contributed by atoms with van der Waals surface area (Å²) in [5.41, 5.74) is -0.899. The second kappa shape index (κ2) is 4.47. The first kappa shape index (κ1) is 12.1. The molecule has 16 heavy (non-hydrogen) atoms. The second-order valence-corrected chi connectivity index (χ2v) is 6.46. The number of hydrogen-bond acceptors (Lipinski definition) is 3. The molecule has 2 rings (SSSR count). The fraction of sp³-hybridized carbons (Fsp3) is 0.692. The van der Waals surface area contributed by atoms with E-state index in [1.807, 2.05) is 19.1 Å². The van der Waals surface area contributed by atoms with E-state index in [1.165, 1.54) is 4.88 Å². The predicted octanol–water partition coefficient (Wildman–Crippen LogP) is 3.03. The summed E-state index contributed by atoms with van der Waals surface area (Å²) in [7, 11) is 0. The fourth-order valence-electron chi connectivity index (χ4n) is 2.40. The minimum atomic E-state index is -0.899. The van der Waals surface area contributed by atoms with Gasteiger partial charge in [-0.25, -0.2) is 0 Å². The van der Waals surface area contributed by atoms with E-state index in [0.717, 1.165) is 17.7 Å². The number of hydrogen-bond donors (Lipinski definition) is 2. The van der Waals surface area contributed by atoms with E-state index in [1.54, 1.807) is 11.3 Å². The van der Waals surface area contributed by atoms with Gasteiger partial charge in [0.05, 0.1) is 5.60 Å². The largest absolute Gasteiger partial charge is 0.387 e. The lowest BCUT2D eigenvalue weighted by atomic mass is 9.76. The smallest absolute Gasteiger partial charge is 0.117 e. The number of aliphatic hydroxyl groups is 2. The number of rotatable bonds is 2. The summed E-state index contributed by atoms with van der Waals surface area (Å²) in [6.07, 6.45) is 2.74. The van der Waals surface area contributed by atoms with Gasteiger partial charge in [-0.3, -0.25) is 0 Å². The molecule has 1 atom stereocenters. The highest BCUT2D eigenvalue weighted by Gasteiger charge is 2.39. The lowest BCUT2D eigenvalue weighted by Crippen LogP contribution is -2.39. The van der Waals surface area contributed by atoms with Crippen LogP contribution in [0.4, 0.5) is 0 Å². The zero-order valence-corrected chi connectivity index (χ0v) is 10.8. The molecule has 1 unspecified atom stereocenters. The summed E-state index contributed by atoms with van der Waals surface area (Å²) in [5, 5.41) is 20.7. The van der Waals surface area contributed by atoms with Gasteiger partial charge in [0, 0.05) is 9.75 Å². The molecule has 0 radical (unpaired) electrons. The van der Waals surface area contributed by atoms with E-state index in [0.29, 0.717) is 18.8 Å². The van der Waals surface area contributed by atoms with E-state index in [2.05, 4.69) is 6.92 Å². The summed E-state index contributed by atoms with van der Waals surface area (Å²) in [6, 6.07) is 3.93. The Kier molecular flexibility index (Phi) is 3.38. The molecule has 0 aromatic carbocycles. The van der Waals surface area contributed by atoms with Crippen LogP contribution in [-0.4, -0.2) is 15.8 Å². The highest BCUT2D eigenvalue weighted by Crippen LogP contribution is 2.41. The monoisotopic (exact) mass is 240 g/mol. The Morgan fingerprint density at radius 2 is 2.00 bits per heavy atom. The number of thiophene rings is 1. The first-order valence-corrected chi connectivity index (χ1v) is 6.80. The van der Waals surface area contributed by atoms with Crippen molar-refractivity contribution in [3.63, 3.8) is 0 Å². The van der Waals surface area contributed by atoms with E-state index < -0.39 is 11.7 Å². The van der Waals surface area contributed by atoms with Crippen LogP contribution in [0.25, 0.3) is 0 Å². The van der Waals surface area contributed by atoms with E-state index >= 15 is 0 Å². The molecule has 0 aliphatic heterocycles. The molecular formula is C13H20O2S. The maximum absolute atomic E-state index is 10.5. The van der Waals surface area contributed by atoms with Crippen LogP contribution < -0.4 is 0 Å². The molecule has 0 bridgehead atoms. The maximum atomic E-state index is 10.5. The highest BCUT2D eigenvalue weighted by atomic mass is 32.1. The molecule has 1 saturated carbocycles. The van der Waals surface area contributed by atoms with Crippen molar-refractivity contribution in [2.75, 3.05) is 0 Å². The zero-order valence-electron chi connectivity index (χ0n) is 9.94. The van der Waals surface area contributed by atoms with Gasteiger partial charge in [0.15, 0.2) is 0 Å². The third kappa shape index (κ3) is 2.31. The van der Waals surface area contributed by atoms with Gasteiger partial charge in [0.25, 0.3) is 0 Å². The Hall–Kier alpha value is -0.380. The third-order valence-corrected chi connectivity index (χ3v) is 4.73. The molecule has 2 N–H and O–H groups in total. The van der Waals surface area contributed by atoms with Gasteiger partial charge in [-0.05, 0) is 50.7 Å². The van der Waals surface area contributed by atoms with E-state index in [-0.39, 0.29) is 0 Å². The summed E-state index contributed by atoms with van der Waals surface area (Å²) in [6.45, 7) is 4.23. The molecule has 1 aliphatic carbocycles. The van der Waals surface area contributed by atoms with Crippen molar-refractivity contribution in [2.24, 2.45) is 5.92 Å². The van der Waals surface area contributed by atoms with Gasteiger partial charge < -0.3 is 10.2 Å². The van der Waals surface area contributed by atoms with Crippen molar-refractivity contribution in [1.82, 2.24) is 0 Å². The molecule has 90 valence electrons. The molecule has 1 fully saturated rings. The maximum Gasteiger partial charge on any atom is 0.117 e. The zero-order chi connectivity index (χ0) is 11.8. The normalized spacial score (nSPS) is 32.6. The Labute approximate surface area is 101 Å².